The lowest BCUT2D eigenvalue weighted by molar-refractivity contribution is -0.873. The highest BCUT2D eigenvalue weighted by Gasteiger charge is 2.24. The van der Waals surface area contributed by atoms with Crippen LogP contribution < -0.4 is 0 Å². The Labute approximate surface area is 211 Å². The molecule has 5 heteroatoms. The van der Waals surface area contributed by atoms with Crippen LogP contribution in [0.5, 0.6) is 0 Å². The Morgan fingerprint density at radius 2 is 1.18 bits per heavy atom. The van der Waals surface area contributed by atoms with Crippen molar-refractivity contribution >= 4 is 11.9 Å². The number of aliphatic carboxylic acids is 1. The molecule has 0 fully saturated rings. The van der Waals surface area contributed by atoms with E-state index in [1.807, 2.05) is 21.1 Å². The van der Waals surface area contributed by atoms with Gasteiger partial charge in [-0.05, 0) is 12.3 Å². The molecule has 1 N–H and O–H groups in total. The average molecular weight is 485 g/mol. The Bertz CT molecular complexity index is 501. The molecule has 0 saturated carbocycles. The number of carboxylic acid groups (broad SMARTS) is 1. The van der Waals surface area contributed by atoms with Gasteiger partial charge in [-0.25, -0.2) is 0 Å². The summed E-state index contributed by atoms with van der Waals surface area (Å²) in [6.07, 6.45) is 22.1. The van der Waals surface area contributed by atoms with Crippen LogP contribution in [0.25, 0.3) is 0 Å². The number of esters is 1. The van der Waals surface area contributed by atoms with E-state index >= 15 is 0 Å². The van der Waals surface area contributed by atoms with E-state index in [-0.39, 0.29) is 12.4 Å². The first kappa shape index (κ1) is 32.9. The maximum Gasteiger partial charge on any atom is 0.307 e. The fourth-order valence-electron chi connectivity index (χ4n) is 4.61. The van der Waals surface area contributed by atoms with E-state index in [0.717, 1.165) is 25.2 Å². The average Bonchev–Trinajstić information content (AvgIpc) is 2.72. The maximum absolute atomic E-state index is 12.1. The van der Waals surface area contributed by atoms with Crippen LogP contribution in [0.2, 0.25) is 0 Å². The minimum atomic E-state index is -0.923. The largest absolute Gasteiger partial charge is 0.481 e. The molecule has 0 saturated heterocycles. The molecule has 0 aromatic carbocycles. The van der Waals surface area contributed by atoms with Gasteiger partial charge < -0.3 is 14.3 Å². The van der Waals surface area contributed by atoms with Crippen molar-refractivity contribution in [1.29, 1.82) is 0 Å². The van der Waals surface area contributed by atoms with E-state index in [1.165, 1.54) is 89.9 Å². The highest BCUT2D eigenvalue weighted by molar-refractivity contribution is 5.71. The normalized spacial score (nSPS) is 13.6. The molecule has 0 aromatic rings. The zero-order valence-electron chi connectivity index (χ0n) is 23.4. The Hall–Kier alpha value is -1.10. The fraction of sp³-hybridized carbons (Fsp3) is 0.931. The fourth-order valence-corrected chi connectivity index (χ4v) is 4.61. The smallest absolute Gasteiger partial charge is 0.307 e. The molecule has 0 rings (SSSR count). The number of unbranched alkanes of at least 4 members (excludes halogenated alkanes) is 13. The van der Waals surface area contributed by atoms with Crippen LogP contribution >= 0.6 is 0 Å². The van der Waals surface area contributed by atoms with Crippen LogP contribution in [-0.4, -0.2) is 55.3 Å². The molecule has 202 valence electrons. The van der Waals surface area contributed by atoms with Crippen molar-refractivity contribution in [3.8, 4) is 0 Å². The first-order valence-corrected chi connectivity index (χ1v) is 14.4. The van der Waals surface area contributed by atoms with E-state index in [2.05, 4.69) is 13.8 Å². The molecule has 34 heavy (non-hydrogen) atoms. The molecule has 5 nitrogen and oxygen atoms in total. The molecule has 0 heterocycles. The third kappa shape index (κ3) is 24.0. The second-order valence-corrected chi connectivity index (χ2v) is 11.6. The molecule has 0 bridgehead atoms. The number of carbonyl (C=O) groups is 2. The summed E-state index contributed by atoms with van der Waals surface area (Å²) in [5, 5.41) is 9.06. The summed E-state index contributed by atoms with van der Waals surface area (Å²) >= 11 is 0. The summed E-state index contributed by atoms with van der Waals surface area (Å²) in [5.74, 6) is -0.381. The van der Waals surface area contributed by atoms with Crippen LogP contribution in [0.3, 0.4) is 0 Å². The van der Waals surface area contributed by atoms with Crippen molar-refractivity contribution in [3.63, 3.8) is 0 Å². The van der Waals surface area contributed by atoms with Crippen molar-refractivity contribution in [2.45, 2.75) is 142 Å². The first-order chi connectivity index (χ1) is 16.1. The number of nitrogens with zero attached hydrogens (tertiary/aromatic N) is 1. The van der Waals surface area contributed by atoms with Gasteiger partial charge in [0.1, 0.15) is 6.54 Å². The lowest BCUT2D eigenvalue weighted by Gasteiger charge is -2.28. The van der Waals surface area contributed by atoms with Crippen LogP contribution in [-0.2, 0) is 14.3 Å². The zero-order valence-corrected chi connectivity index (χ0v) is 23.4. The Morgan fingerprint density at radius 3 is 1.62 bits per heavy atom. The summed E-state index contributed by atoms with van der Waals surface area (Å²) in [5.41, 5.74) is 0. The minimum Gasteiger partial charge on any atom is -0.481 e. The number of likely N-dealkylation sites (N-methyl/N-ethyl adjacent to an activating group) is 1. The number of ether oxygens (including phenoxy) is 1. The van der Waals surface area contributed by atoms with Crippen molar-refractivity contribution in [1.82, 2.24) is 0 Å². The molecule has 0 aromatic heterocycles. The van der Waals surface area contributed by atoms with E-state index in [9.17, 15) is 9.59 Å². The minimum absolute atomic E-state index is 0.127. The van der Waals surface area contributed by atoms with Crippen molar-refractivity contribution in [2.24, 2.45) is 5.92 Å². The molecular weight excluding hydrogens is 426 g/mol. The van der Waals surface area contributed by atoms with Gasteiger partial charge in [0, 0.05) is 6.42 Å². The molecule has 2 unspecified atom stereocenters. The van der Waals surface area contributed by atoms with Gasteiger partial charge in [0.05, 0.1) is 27.6 Å². The van der Waals surface area contributed by atoms with E-state index in [4.69, 9.17) is 9.84 Å². The predicted octanol–water partition coefficient (Wildman–Crippen LogP) is 7.76. The van der Waals surface area contributed by atoms with Crippen molar-refractivity contribution in [3.05, 3.63) is 0 Å². The van der Waals surface area contributed by atoms with E-state index in [1.54, 1.807) is 0 Å². The third-order valence-corrected chi connectivity index (χ3v) is 6.58. The Kier molecular flexibility index (Phi) is 20.5. The van der Waals surface area contributed by atoms with Gasteiger partial charge in [-0.15, -0.1) is 0 Å². The SMILES string of the molecule is CCCCCCCCCCCCCC(C)CCCCCCC(=O)OC(CC(=O)O)C[N+](C)(C)C. The number of hydrogen-bond acceptors (Lipinski definition) is 3. The van der Waals surface area contributed by atoms with Crippen LogP contribution in [0.1, 0.15) is 136 Å². The molecule has 0 radical (unpaired) electrons. The second kappa shape index (κ2) is 21.2. The van der Waals surface area contributed by atoms with Gasteiger partial charge in [-0.1, -0.05) is 117 Å². The summed E-state index contributed by atoms with van der Waals surface area (Å²) in [6, 6.07) is 0. The second-order valence-electron chi connectivity index (χ2n) is 11.6. The monoisotopic (exact) mass is 484 g/mol. The van der Waals surface area contributed by atoms with Gasteiger partial charge >= 0.3 is 11.9 Å². The number of carbonyl (C=O) groups excluding carboxylic acids is 1. The van der Waals surface area contributed by atoms with E-state index in [0.29, 0.717) is 17.4 Å². The van der Waals surface area contributed by atoms with E-state index < -0.39 is 12.1 Å². The zero-order chi connectivity index (χ0) is 25.7. The molecular formula is C29H58NO4+. The third-order valence-electron chi connectivity index (χ3n) is 6.58. The summed E-state index contributed by atoms with van der Waals surface area (Å²) < 4.78 is 6.02. The molecule has 0 amide bonds. The molecule has 0 aliphatic heterocycles. The summed E-state index contributed by atoms with van der Waals surface area (Å²) in [7, 11) is 5.92. The molecule has 2 atom stereocenters. The van der Waals surface area contributed by atoms with Crippen LogP contribution in [0.15, 0.2) is 0 Å². The quantitative estimate of drug-likeness (QED) is 0.0863. The van der Waals surface area contributed by atoms with Gasteiger partial charge in [0.15, 0.2) is 6.10 Å². The number of rotatable bonds is 24. The Morgan fingerprint density at radius 1 is 0.735 bits per heavy atom. The van der Waals surface area contributed by atoms with Gasteiger partial charge in [0.25, 0.3) is 0 Å². The number of quaternary nitrogens is 1. The standard InChI is InChI=1S/C29H57NO4/c1-6-7-8-9-10-11-12-13-14-15-18-21-26(2)22-19-16-17-20-23-29(33)34-27(24-28(31)32)25-30(3,4)5/h26-27H,6-25H2,1-5H3/p+1. The first-order valence-electron chi connectivity index (χ1n) is 14.4. The van der Waals surface area contributed by atoms with Gasteiger partial charge in [0.2, 0.25) is 0 Å². The van der Waals surface area contributed by atoms with Crippen molar-refractivity contribution in [2.75, 3.05) is 27.7 Å². The topological polar surface area (TPSA) is 63.6 Å². The lowest BCUT2D eigenvalue weighted by Crippen LogP contribution is -2.43. The summed E-state index contributed by atoms with van der Waals surface area (Å²) in [4.78, 5) is 23.2. The van der Waals surface area contributed by atoms with Gasteiger partial charge in [-0.2, -0.15) is 0 Å². The number of carboxylic acids is 1. The molecule has 0 aliphatic rings. The highest BCUT2D eigenvalue weighted by Crippen LogP contribution is 2.19. The maximum atomic E-state index is 12.1. The molecule has 0 aliphatic carbocycles. The Balaban J connectivity index is 3.62. The van der Waals surface area contributed by atoms with Crippen LogP contribution in [0.4, 0.5) is 0 Å². The lowest BCUT2D eigenvalue weighted by atomic mass is 9.96. The van der Waals surface area contributed by atoms with Crippen molar-refractivity contribution < 1.29 is 23.9 Å². The summed E-state index contributed by atoms with van der Waals surface area (Å²) in [6.45, 7) is 5.17. The van der Waals surface area contributed by atoms with Gasteiger partial charge in [-0.3, -0.25) is 9.59 Å². The number of hydrogen-bond donors (Lipinski definition) is 1. The van der Waals surface area contributed by atoms with Crippen LogP contribution in [0, 0.1) is 5.92 Å². The molecule has 0 spiro atoms. The highest BCUT2D eigenvalue weighted by atomic mass is 16.5. The predicted molar refractivity (Wildman–Crippen MR) is 143 cm³/mol.